The lowest BCUT2D eigenvalue weighted by molar-refractivity contribution is -0.140. The van der Waals surface area contributed by atoms with Crippen molar-refractivity contribution in [3.05, 3.63) is 87.6 Å². The number of nitrogens with two attached hydrogens (primary N) is 1. The van der Waals surface area contributed by atoms with Gasteiger partial charge in [-0.05, 0) is 37.3 Å². The van der Waals surface area contributed by atoms with E-state index < -0.39 is 70.2 Å². The molecule has 194 valence electrons. The monoisotopic (exact) mass is 532 g/mol. The molecule has 2 amide bonds. The van der Waals surface area contributed by atoms with Gasteiger partial charge in [0.15, 0.2) is 5.69 Å². The number of alkyl halides is 3. The number of halogens is 6. The number of anilines is 1. The lowest BCUT2D eigenvalue weighted by Gasteiger charge is -2.11. The van der Waals surface area contributed by atoms with Crippen molar-refractivity contribution in [2.24, 2.45) is 5.73 Å². The molecule has 0 aliphatic carbocycles. The van der Waals surface area contributed by atoms with E-state index >= 15 is 0 Å². The maximum atomic E-state index is 14.4. The van der Waals surface area contributed by atoms with Crippen LogP contribution in [0.15, 0.2) is 36.4 Å². The number of nitriles is 1. The van der Waals surface area contributed by atoms with Gasteiger partial charge in [0, 0.05) is 10.9 Å². The zero-order valence-electron chi connectivity index (χ0n) is 19.1. The van der Waals surface area contributed by atoms with Crippen molar-refractivity contribution in [1.29, 1.82) is 5.26 Å². The van der Waals surface area contributed by atoms with Crippen LogP contribution in [0.2, 0.25) is 0 Å². The molecule has 38 heavy (non-hydrogen) atoms. The lowest BCUT2D eigenvalue weighted by atomic mass is 10.1. The number of nitrogens with one attached hydrogen (secondary N) is 1. The van der Waals surface area contributed by atoms with E-state index in [4.69, 9.17) is 11.0 Å². The molecule has 0 atom stereocenters. The van der Waals surface area contributed by atoms with Crippen LogP contribution in [0.1, 0.15) is 43.4 Å². The summed E-state index contributed by atoms with van der Waals surface area (Å²) >= 11 is 0. The molecular weight excluding hydrogens is 518 g/mol. The Morgan fingerprint density at radius 3 is 2.34 bits per heavy atom. The molecule has 3 N–H and O–H groups in total. The van der Waals surface area contributed by atoms with Crippen molar-refractivity contribution >= 4 is 28.4 Å². The Bertz CT molecular complexity index is 1650. The molecule has 2 aromatic carbocycles. The first kappa shape index (κ1) is 26.1. The third kappa shape index (κ3) is 4.73. The summed E-state index contributed by atoms with van der Waals surface area (Å²) in [6, 6.07) is 7.36. The van der Waals surface area contributed by atoms with Crippen LogP contribution in [0, 0.1) is 35.7 Å². The number of aromatic nitrogens is 3. The Balaban J connectivity index is 1.77. The number of pyridine rings is 1. The Labute approximate surface area is 209 Å². The first-order chi connectivity index (χ1) is 17.8. The molecule has 0 bridgehead atoms. The van der Waals surface area contributed by atoms with Crippen molar-refractivity contribution in [2.45, 2.75) is 19.6 Å². The molecule has 0 spiro atoms. The van der Waals surface area contributed by atoms with Crippen molar-refractivity contribution in [1.82, 2.24) is 14.8 Å². The van der Waals surface area contributed by atoms with Crippen LogP contribution < -0.4 is 11.1 Å². The predicted molar refractivity (Wildman–Crippen MR) is 120 cm³/mol. The number of nitrogens with zero attached hydrogens (tertiary/aromatic N) is 4. The van der Waals surface area contributed by atoms with Gasteiger partial charge in [0.05, 0.1) is 40.6 Å². The van der Waals surface area contributed by atoms with E-state index in [0.717, 1.165) is 31.2 Å². The second-order valence-corrected chi connectivity index (χ2v) is 8.00. The summed E-state index contributed by atoms with van der Waals surface area (Å²) in [5, 5.41) is 14.0. The fourth-order valence-electron chi connectivity index (χ4n) is 3.75. The second-order valence-electron chi connectivity index (χ2n) is 8.00. The minimum atomic E-state index is -5.10. The summed E-state index contributed by atoms with van der Waals surface area (Å²) in [5.41, 5.74) is 0.441. The van der Waals surface area contributed by atoms with E-state index in [1.165, 1.54) is 12.1 Å². The molecule has 0 saturated carbocycles. The number of benzene rings is 2. The van der Waals surface area contributed by atoms with Crippen LogP contribution in [0.4, 0.5) is 32.0 Å². The number of hydrogen-bond donors (Lipinski definition) is 2. The molecule has 0 aliphatic heterocycles. The molecule has 0 saturated heterocycles. The van der Waals surface area contributed by atoms with Gasteiger partial charge in [-0.3, -0.25) is 14.3 Å². The Morgan fingerprint density at radius 1 is 1.11 bits per heavy atom. The lowest BCUT2D eigenvalue weighted by Crippen LogP contribution is -2.20. The second kappa shape index (κ2) is 9.51. The third-order valence-corrected chi connectivity index (χ3v) is 5.57. The molecule has 2 aromatic heterocycles. The Hall–Kier alpha value is -4.93. The van der Waals surface area contributed by atoms with Crippen molar-refractivity contribution in [3.63, 3.8) is 0 Å². The van der Waals surface area contributed by atoms with E-state index in [1.54, 1.807) is 6.07 Å². The maximum absolute atomic E-state index is 14.4. The van der Waals surface area contributed by atoms with E-state index in [1.807, 2.05) is 5.32 Å². The quantitative estimate of drug-likeness (QED) is 0.368. The Morgan fingerprint density at radius 2 is 1.76 bits per heavy atom. The number of primary amides is 1. The molecule has 2 heterocycles. The Kier molecular flexibility index (Phi) is 6.54. The first-order valence-electron chi connectivity index (χ1n) is 10.5. The van der Waals surface area contributed by atoms with E-state index in [-0.39, 0.29) is 22.2 Å². The highest BCUT2D eigenvalue weighted by Gasteiger charge is 2.39. The van der Waals surface area contributed by atoms with Gasteiger partial charge in [-0.1, -0.05) is 6.07 Å². The maximum Gasteiger partial charge on any atom is 0.437 e. The number of carbonyl (C=O) groups excluding carboxylic acids is 2. The molecule has 8 nitrogen and oxygen atoms in total. The third-order valence-electron chi connectivity index (χ3n) is 5.57. The van der Waals surface area contributed by atoms with Gasteiger partial charge in [-0.15, -0.1) is 0 Å². The molecule has 0 radical (unpaired) electrons. The van der Waals surface area contributed by atoms with Gasteiger partial charge in [-0.2, -0.15) is 23.5 Å². The van der Waals surface area contributed by atoms with E-state index in [2.05, 4.69) is 10.1 Å². The smallest absolute Gasteiger partial charge is 0.366 e. The van der Waals surface area contributed by atoms with Crippen LogP contribution in [0.25, 0.3) is 10.9 Å². The number of carbonyl (C=O) groups is 2. The van der Waals surface area contributed by atoms with Crippen LogP contribution in [0.3, 0.4) is 0 Å². The molecule has 14 heteroatoms. The first-order valence-corrected chi connectivity index (χ1v) is 10.5. The van der Waals surface area contributed by atoms with Crippen molar-refractivity contribution < 1.29 is 35.9 Å². The topological polar surface area (TPSA) is 127 Å². The zero-order valence-corrected chi connectivity index (χ0v) is 19.1. The number of rotatable bonds is 5. The summed E-state index contributed by atoms with van der Waals surface area (Å²) in [6.45, 7) is 0.322. The largest absolute Gasteiger partial charge is 0.437 e. The predicted octanol–water partition coefficient (Wildman–Crippen LogP) is 4.45. The van der Waals surface area contributed by atoms with Gasteiger partial charge in [0.25, 0.3) is 5.91 Å². The summed E-state index contributed by atoms with van der Waals surface area (Å²) in [4.78, 5) is 28.7. The van der Waals surface area contributed by atoms with Gasteiger partial charge in [0.2, 0.25) is 5.91 Å². The molecule has 0 unspecified atom stereocenters. The SMILES string of the molecule is Cc1c(NC(=O)c2cc(C(N)=O)c3c(F)cccc3n2)c(C(F)(F)F)nn1Cc1c(F)cc(C#N)cc1F. The molecular formula is C24H14F6N6O2. The minimum Gasteiger partial charge on any atom is -0.366 e. The number of hydrogen-bond acceptors (Lipinski definition) is 5. The number of amides is 2. The average molecular weight is 532 g/mol. The molecule has 0 aliphatic rings. The summed E-state index contributed by atoms with van der Waals surface area (Å²) < 4.78 is 84.9. The van der Waals surface area contributed by atoms with Crippen LogP contribution in [-0.2, 0) is 12.7 Å². The highest BCUT2D eigenvalue weighted by molar-refractivity contribution is 6.10. The highest BCUT2D eigenvalue weighted by Crippen LogP contribution is 2.36. The van der Waals surface area contributed by atoms with E-state index in [0.29, 0.717) is 4.68 Å². The van der Waals surface area contributed by atoms with Crippen molar-refractivity contribution in [3.8, 4) is 6.07 Å². The zero-order chi connectivity index (χ0) is 27.9. The number of fused-ring (bicyclic) bond motifs is 1. The molecule has 4 aromatic rings. The standard InChI is InChI=1S/C24H14F6N6O2/c1-10-20(34-23(38)18-7-12(22(32)37)19-14(25)3-2-4-17(19)33-18)21(24(28,29)30)35-36(10)9-13-15(26)5-11(8-31)6-16(13)27/h2-7H,9H2,1H3,(H2,32,37)(H,34,38). The average Bonchev–Trinajstić information content (AvgIpc) is 3.15. The summed E-state index contributed by atoms with van der Waals surface area (Å²) in [6.07, 6.45) is -5.10. The van der Waals surface area contributed by atoms with Gasteiger partial charge < -0.3 is 11.1 Å². The van der Waals surface area contributed by atoms with E-state index in [9.17, 15) is 35.9 Å². The van der Waals surface area contributed by atoms with Gasteiger partial charge in [0.1, 0.15) is 23.1 Å². The summed E-state index contributed by atoms with van der Waals surface area (Å²) in [5.74, 6) is -5.54. The van der Waals surface area contributed by atoms with Crippen LogP contribution in [0.5, 0.6) is 0 Å². The molecule has 0 fully saturated rings. The fourth-order valence-corrected chi connectivity index (χ4v) is 3.75. The van der Waals surface area contributed by atoms with Crippen LogP contribution in [-0.4, -0.2) is 26.6 Å². The normalized spacial score (nSPS) is 11.4. The minimum absolute atomic E-state index is 0.151. The fraction of sp³-hybridized carbons (Fsp3) is 0.125. The van der Waals surface area contributed by atoms with Crippen LogP contribution >= 0.6 is 0 Å². The van der Waals surface area contributed by atoms with Gasteiger partial charge in [-0.25, -0.2) is 18.2 Å². The van der Waals surface area contributed by atoms with Gasteiger partial charge >= 0.3 is 6.18 Å². The van der Waals surface area contributed by atoms with Crippen molar-refractivity contribution in [2.75, 3.05) is 5.32 Å². The highest BCUT2D eigenvalue weighted by atomic mass is 19.4. The molecule has 4 rings (SSSR count). The summed E-state index contributed by atoms with van der Waals surface area (Å²) in [7, 11) is 0.